The maximum absolute atomic E-state index is 12.8. The van der Waals surface area contributed by atoms with Gasteiger partial charge in [0.2, 0.25) is 0 Å². The normalized spacial score (nSPS) is 20.9. The third-order valence-electron chi connectivity index (χ3n) is 4.95. The Kier molecular flexibility index (Phi) is 4.09. The first-order chi connectivity index (χ1) is 12.1. The van der Waals surface area contributed by atoms with Crippen LogP contribution in [0.15, 0.2) is 27.1 Å². The average Bonchev–Trinajstić information content (AvgIpc) is 3.06. The highest BCUT2D eigenvalue weighted by atomic mass is 32.1. The van der Waals surface area contributed by atoms with Gasteiger partial charge in [-0.1, -0.05) is 6.07 Å². The number of aromatic nitrogens is 2. The van der Waals surface area contributed by atoms with E-state index in [1.807, 2.05) is 11.4 Å². The molecule has 0 spiro atoms. The number of nitrogens with two attached hydrogens (primary N) is 1. The van der Waals surface area contributed by atoms with Crippen LogP contribution < -0.4 is 17.0 Å². The molecule has 0 amide bonds. The maximum Gasteiger partial charge on any atom is 0.330 e. The molecule has 2 aliphatic rings. The predicted octanol–water partition coefficient (Wildman–Crippen LogP) is 1.53. The van der Waals surface area contributed by atoms with Crippen LogP contribution in [0.5, 0.6) is 0 Å². The number of carbonyl (C=O) groups is 1. The molecule has 1 atom stereocenters. The number of carbonyl (C=O) groups excluding carboxylic acids is 1. The van der Waals surface area contributed by atoms with E-state index in [1.54, 1.807) is 11.3 Å². The van der Waals surface area contributed by atoms with Gasteiger partial charge in [-0.15, -0.1) is 11.3 Å². The molecule has 0 radical (unpaired) electrons. The molecule has 7 nitrogen and oxygen atoms in total. The molecule has 2 aromatic heterocycles. The van der Waals surface area contributed by atoms with E-state index in [9.17, 15) is 14.4 Å². The fourth-order valence-corrected chi connectivity index (χ4v) is 4.51. The Hall–Kier alpha value is -2.19. The summed E-state index contributed by atoms with van der Waals surface area (Å²) in [6, 6.07) is 4.29. The maximum atomic E-state index is 12.8. The van der Waals surface area contributed by atoms with Crippen LogP contribution in [0.25, 0.3) is 0 Å². The number of Topliss-reactive ketones (excluding diaryl/α,β-unsaturated/α-hetero) is 1. The van der Waals surface area contributed by atoms with Crippen LogP contribution in [0, 0.1) is 0 Å². The van der Waals surface area contributed by atoms with Gasteiger partial charge in [-0.25, -0.2) is 4.79 Å². The Morgan fingerprint density at radius 2 is 2.12 bits per heavy atom. The SMILES string of the molecule is Nc1c(C(=O)CN2CCCC2c2cccs2)c(=O)[nH]c(=O)n1C1CC1. The number of nitrogens with one attached hydrogen (secondary N) is 1. The van der Waals surface area contributed by atoms with Crippen molar-refractivity contribution >= 4 is 22.9 Å². The quantitative estimate of drug-likeness (QED) is 0.788. The van der Waals surface area contributed by atoms with E-state index in [2.05, 4.69) is 16.0 Å². The van der Waals surface area contributed by atoms with E-state index in [1.165, 1.54) is 9.44 Å². The Labute approximate surface area is 148 Å². The second kappa shape index (κ2) is 6.27. The minimum Gasteiger partial charge on any atom is -0.384 e. The van der Waals surface area contributed by atoms with Gasteiger partial charge in [-0.2, -0.15) is 0 Å². The zero-order chi connectivity index (χ0) is 17.6. The lowest BCUT2D eigenvalue weighted by Gasteiger charge is -2.23. The molecule has 1 unspecified atom stereocenters. The van der Waals surface area contributed by atoms with Crippen molar-refractivity contribution in [3.63, 3.8) is 0 Å². The van der Waals surface area contributed by atoms with Crippen LogP contribution in [0.2, 0.25) is 0 Å². The van der Waals surface area contributed by atoms with Gasteiger partial charge >= 0.3 is 5.69 Å². The van der Waals surface area contributed by atoms with Gasteiger partial charge in [-0.05, 0) is 43.7 Å². The number of nitrogens with zero attached hydrogens (tertiary/aromatic N) is 2. The summed E-state index contributed by atoms with van der Waals surface area (Å²) in [5, 5.41) is 2.03. The third-order valence-corrected chi connectivity index (χ3v) is 5.93. The van der Waals surface area contributed by atoms with Crippen molar-refractivity contribution in [2.45, 2.75) is 37.8 Å². The topological polar surface area (TPSA) is 101 Å². The first-order valence-corrected chi connectivity index (χ1v) is 9.39. The number of anilines is 1. The molecular weight excluding hydrogens is 340 g/mol. The minimum absolute atomic E-state index is 0.00144. The number of hydrogen-bond acceptors (Lipinski definition) is 6. The molecule has 25 heavy (non-hydrogen) atoms. The standard InChI is InChI=1S/C17H20N4O3S/c18-15-14(16(23)19-17(24)21(15)10-5-6-10)12(22)9-20-7-1-3-11(20)13-4-2-8-25-13/h2,4,8,10-11H,1,3,5-7,9,18H2,(H,19,23,24). The molecule has 1 aliphatic carbocycles. The third kappa shape index (κ3) is 2.96. The number of rotatable bonds is 5. The summed E-state index contributed by atoms with van der Waals surface area (Å²) in [5.41, 5.74) is 4.74. The fraction of sp³-hybridized carbons (Fsp3) is 0.471. The van der Waals surface area contributed by atoms with Crippen LogP contribution in [0.3, 0.4) is 0 Å². The number of nitrogen functional groups attached to an aromatic ring is 1. The van der Waals surface area contributed by atoms with E-state index in [0.717, 1.165) is 32.2 Å². The summed E-state index contributed by atoms with van der Waals surface area (Å²) in [4.78, 5) is 42.6. The largest absolute Gasteiger partial charge is 0.384 e. The Balaban J connectivity index is 1.62. The van der Waals surface area contributed by atoms with E-state index < -0.39 is 11.2 Å². The van der Waals surface area contributed by atoms with Crippen molar-refractivity contribution in [2.24, 2.45) is 0 Å². The summed E-state index contributed by atoms with van der Waals surface area (Å²) >= 11 is 1.68. The number of H-pyrrole nitrogens is 1. The van der Waals surface area contributed by atoms with E-state index >= 15 is 0 Å². The highest BCUT2D eigenvalue weighted by Crippen LogP contribution is 2.36. The Morgan fingerprint density at radius 3 is 2.80 bits per heavy atom. The molecule has 1 saturated carbocycles. The monoisotopic (exact) mass is 360 g/mol. The van der Waals surface area contributed by atoms with Crippen molar-refractivity contribution in [1.29, 1.82) is 0 Å². The molecule has 8 heteroatoms. The first kappa shape index (κ1) is 16.3. The van der Waals surface area contributed by atoms with Gasteiger partial charge in [-0.3, -0.25) is 24.0 Å². The molecule has 2 aromatic rings. The Bertz CT molecular complexity index is 911. The summed E-state index contributed by atoms with van der Waals surface area (Å²) < 4.78 is 1.36. The van der Waals surface area contributed by atoms with Gasteiger partial charge in [0.05, 0.1) is 6.54 Å². The predicted molar refractivity (Wildman–Crippen MR) is 96.2 cm³/mol. The summed E-state index contributed by atoms with van der Waals surface area (Å²) in [6.07, 6.45) is 3.71. The first-order valence-electron chi connectivity index (χ1n) is 8.51. The minimum atomic E-state index is -0.684. The number of hydrogen-bond donors (Lipinski definition) is 2. The molecule has 0 aromatic carbocycles. The molecule has 2 fully saturated rings. The van der Waals surface area contributed by atoms with Crippen molar-refractivity contribution in [1.82, 2.24) is 14.5 Å². The van der Waals surface area contributed by atoms with Crippen LogP contribution in [-0.2, 0) is 0 Å². The zero-order valence-electron chi connectivity index (χ0n) is 13.7. The highest BCUT2D eigenvalue weighted by Gasteiger charge is 2.32. The Morgan fingerprint density at radius 1 is 1.32 bits per heavy atom. The van der Waals surface area contributed by atoms with Crippen LogP contribution in [0.1, 0.15) is 53.0 Å². The zero-order valence-corrected chi connectivity index (χ0v) is 14.6. The smallest absolute Gasteiger partial charge is 0.330 e. The van der Waals surface area contributed by atoms with Crippen molar-refractivity contribution in [3.05, 3.63) is 48.8 Å². The highest BCUT2D eigenvalue weighted by molar-refractivity contribution is 7.10. The molecule has 1 aliphatic heterocycles. The summed E-state index contributed by atoms with van der Waals surface area (Å²) in [6.45, 7) is 0.951. The van der Waals surface area contributed by atoms with Crippen LogP contribution in [0.4, 0.5) is 5.82 Å². The second-order valence-corrected chi connectivity index (χ2v) is 7.67. The van der Waals surface area contributed by atoms with Crippen LogP contribution >= 0.6 is 11.3 Å². The van der Waals surface area contributed by atoms with Crippen molar-refractivity contribution in [3.8, 4) is 0 Å². The van der Waals surface area contributed by atoms with Crippen LogP contribution in [-0.4, -0.2) is 33.3 Å². The molecule has 132 valence electrons. The van der Waals surface area contributed by atoms with Gasteiger partial charge in [0.1, 0.15) is 11.4 Å². The van der Waals surface area contributed by atoms with E-state index in [0.29, 0.717) is 0 Å². The van der Waals surface area contributed by atoms with Gasteiger partial charge in [0.15, 0.2) is 5.78 Å². The second-order valence-electron chi connectivity index (χ2n) is 6.69. The average molecular weight is 360 g/mol. The molecule has 4 rings (SSSR count). The molecule has 0 bridgehead atoms. The number of aromatic amines is 1. The van der Waals surface area contributed by atoms with E-state index in [-0.39, 0.29) is 35.8 Å². The van der Waals surface area contributed by atoms with Crippen molar-refractivity contribution < 1.29 is 4.79 Å². The van der Waals surface area contributed by atoms with Crippen molar-refractivity contribution in [2.75, 3.05) is 18.8 Å². The van der Waals surface area contributed by atoms with Gasteiger partial charge in [0.25, 0.3) is 5.56 Å². The molecule has 1 saturated heterocycles. The lowest BCUT2D eigenvalue weighted by atomic mass is 10.1. The molecule has 3 N–H and O–H groups in total. The lowest BCUT2D eigenvalue weighted by Crippen LogP contribution is -2.38. The molecular formula is C17H20N4O3S. The van der Waals surface area contributed by atoms with Gasteiger partial charge < -0.3 is 5.73 Å². The van der Waals surface area contributed by atoms with E-state index in [4.69, 9.17) is 5.73 Å². The lowest BCUT2D eigenvalue weighted by molar-refractivity contribution is 0.0921. The fourth-order valence-electron chi connectivity index (χ4n) is 3.61. The number of likely N-dealkylation sites (tertiary alicyclic amines) is 1. The summed E-state index contributed by atoms with van der Waals surface area (Å²) in [7, 11) is 0. The number of thiophene rings is 1. The number of ketones is 1. The molecule has 3 heterocycles. The van der Waals surface area contributed by atoms with Gasteiger partial charge in [0, 0.05) is 17.0 Å². The summed E-state index contributed by atoms with van der Waals surface area (Å²) in [5.74, 6) is -0.315.